The first-order valence-corrected chi connectivity index (χ1v) is 11.3. The van der Waals surface area contributed by atoms with Crippen molar-refractivity contribution in [1.82, 2.24) is 10.2 Å². The molecule has 0 aromatic heterocycles. The number of rotatable bonds is 5. The molecule has 170 valence electrons. The lowest BCUT2D eigenvalue weighted by Crippen LogP contribution is -2.43. The van der Waals surface area contributed by atoms with Crippen molar-refractivity contribution in [1.29, 1.82) is 0 Å². The highest BCUT2D eigenvalue weighted by atomic mass is 79.9. The molecule has 7 nitrogen and oxygen atoms in total. The van der Waals surface area contributed by atoms with Crippen LogP contribution in [-0.4, -0.2) is 55.2 Å². The molecule has 1 saturated heterocycles. The van der Waals surface area contributed by atoms with Crippen LogP contribution in [0.2, 0.25) is 5.02 Å². The molecule has 2 heterocycles. The summed E-state index contributed by atoms with van der Waals surface area (Å²) < 4.78 is 26.0. The molecule has 2 aliphatic heterocycles. The summed E-state index contributed by atoms with van der Waals surface area (Å²) in [6.07, 6.45) is -0.908. The van der Waals surface area contributed by atoms with E-state index in [1.807, 2.05) is 0 Å². The van der Waals surface area contributed by atoms with Gasteiger partial charge in [-0.1, -0.05) is 27.5 Å². The predicted molar refractivity (Wildman–Crippen MR) is 122 cm³/mol. The number of nitrogens with one attached hydrogen (secondary N) is 1. The third kappa shape index (κ3) is 4.94. The van der Waals surface area contributed by atoms with Gasteiger partial charge in [0.15, 0.2) is 11.5 Å². The fraction of sp³-hybridized carbons (Fsp3) is 0.364. The van der Waals surface area contributed by atoms with Crippen LogP contribution < -0.4 is 20.5 Å². The Hall–Kier alpha value is -2.52. The number of likely N-dealkylation sites (tertiary alicyclic amines) is 1. The molecule has 2 aromatic carbocycles. The second-order valence-corrected chi connectivity index (χ2v) is 9.00. The molecule has 0 saturated carbocycles. The highest BCUT2D eigenvalue weighted by molar-refractivity contribution is 9.10. The van der Waals surface area contributed by atoms with Crippen molar-refractivity contribution in [2.24, 2.45) is 0 Å². The topological polar surface area (TPSA) is 93.9 Å². The van der Waals surface area contributed by atoms with Crippen LogP contribution in [0.5, 0.6) is 11.5 Å². The molecule has 2 amide bonds. The first-order chi connectivity index (χ1) is 15.3. The van der Waals surface area contributed by atoms with Gasteiger partial charge in [0.1, 0.15) is 19.4 Å². The van der Waals surface area contributed by atoms with Crippen LogP contribution in [0.3, 0.4) is 0 Å². The van der Waals surface area contributed by atoms with E-state index in [-0.39, 0.29) is 37.7 Å². The van der Waals surface area contributed by atoms with E-state index in [4.69, 9.17) is 26.8 Å². The molecule has 10 heteroatoms. The van der Waals surface area contributed by atoms with Crippen molar-refractivity contribution in [2.45, 2.75) is 25.1 Å². The van der Waals surface area contributed by atoms with E-state index in [1.54, 1.807) is 24.3 Å². The molecular formula is C22H22BrClFN3O4. The molecular weight excluding hydrogens is 505 g/mol. The number of hydrogen-bond acceptors (Lipinski definition) is 5. The Morgan fingerprint density at radius 2 is 1.94 bits per heavy atom. The summed E-state index contributed by atoms with van der Waals surface area (Å²) in [4.78, 5) is 27.0. The van der Waals surface area contributed by atoms with Crippen molar-refractivity contribution < 1.29 is 23.5 Å². The van der Waals surface area contributed by atoms with E-state index in [0.29, 0.717) is 41.0 Å². The van der Waals surface area contributed by atoms with Crippen LogP contribution in [0.4, 0.5) is 10.1 Å². The summed E-state index contributed by atoms with van der Waals surface area (Å²) in [5, 5.41) is 3.13. The van der Waals surface area contributed by atoms with Crippen LogP contribution in [0, 0.1) is 0 Å². The Morgan fingerprint density at radius 1 is 1.22 bits per heavy atom. The van der Waals surface area contributed by atoms with Gasteiger partial charge in [-0.15, -0.1) is 0 Å². The third-order valence-electron chi connectivity index (χ3n) is 5.49. The van der Waals surface area contributed by atoms with Crippen LogP contribution >= 0.6 is 27.5 Å². The molecule has 3 N–H and O–H groups in total. The summed E-state index contributed by atoms with van der Waals surface area (Å²) in [6, 6.07) is 7.67. The van der Waals surface area contributed by atoms with E-state index in [9.17, 15) is 14.0 Å². The normalized spacial score (nSPS) is 19.7. The number of benzene rings is 2. The zero-order chi connectivity index (χ0) is 22.8. The Morgan fingerprint density at radius 3 is 2.66 bits per heavy atom. The lowest BCUT2D eigenvalue weighted by molar-refractivity contribution is -0.131. The second-order valence-electron chi connectivity index (χ2n) is 7.74. The van der Waals surface area contributed by atoms with Gasteiger partial charge in [-0.2, -0.15) is 0 Å². The minimum Gasteiger partial charge on any atom is -0.486 e. The zero-order valence-corrected chi connectivity index (χ0v) is 19.4. The van der Waals surface area contributed by atoms with Crippen molar-refractivity contribution in [2.75, 3.05) is 32.0 Å². The lowest BCUT2D eigenvalue weighted by atomic mass is 10.1. The minimum absolute atomic E-state index is 0.00453. The summed E-state index contributed by atoms with van der Waals surface area (Å²) in [6.45, 7) is 1.05. The average Bonchev–Trinajstić information content (AvgIpc) is 3.15. The third-order valence-corrected chi connectivity index (χ3v) is 6.58. The van der Waals surface area contributed by atoms with Crippen molar-refractivity contribution in [3.8, 4) is 11.5 Å². The molecule has 1 fully saturated rings. The van der Waals surface area contributed by atoms with Gasteiger partial charge in [0.2, 0.25) is 5.91 Å². The van der Waals surface area contributed by atoms with E-state index >= 15 is 0 Å². The van der Waals surface area contributed by atoms with Gasteiger partial charge in [-0.3, -0.25) is 9.59 Å². The maximum absolute atomic E-state index is 14.2. The van der Waals surface area contributed by atoms with Crippen molar-refractivity contribution >= 4 is 45.0 Å². The summed E-state index contributed by atoms with van der Waals surface area (Å²) in [5.41, 5.74) is 7.12. The van der Waals surface area contributed by atoms with Gasteiger partial charge >= 0.3 is 0 Å². The molecule has 4 rings (SSSR count). The predicted octanol–water partition coefficient (Wildman–Crippen LogP) is 3.37. The Labute approximate surface area is 198 Å². The molecule has 2 aromatic rings. The molecule has 32 heavy (non-hydrogen) atoms. The van der Waals surface area contributed by atoms with Crippen LogP contribution in [0.15, 0.2) is 34.8 Å². The lowest BCUT2D eigenvalue weighted by Gasteiger charge is -2.25. The smallest absolute Gasteiger partial charge is 0.251 e. The molecule has 0 radical (unpaired) electrons. The highest BCUT2D eigenvalue weighted by Crippen LogP contribution is 2.36. The monoisotopic (exact) mass is 525 g/mol. The average molecular weight is 527 g/mol. The molecule has 0 unspecified atom stereocenters. The zero-order valence-electron chi connectivity index (χ0n) is 17.1. The number of anilines is 1. The SMILES string of the molecule is Nc1cc(C(=O)NC[C@@H]2C[C@H](F)CN2C(=O)Cc2cc3c(cc2Br)OCCO3)ccc1Cl. The van der Waals surface area contributed by atoms with E-state index in [2.05, 4.69) is 21.2 Å². The van der Waals surface area contributed by atoms with Crippen molar-refractivity contribution in [3.63, 3.8) is 0 Å². The Bertz CT molecular complexity index is 1050. The second kappa shape index (κ2) is 9.54. The maximum atomic E-state index is 14.2. The highest BCUT2D eigenvalue weighted by Gasteiger charge is 2.35. The summed E-state index contributed by atoms with van der Waals surface area (Å²) in [7, 11) is 0. The van der Waals surface area contributed by atoms with Gasteiger partial charge in [0, 0.05) is 23.0 Å². The van der Waals surface area contributed by atoms with Gasteiger partial charge in [-0.05, 0) is 35.9 Å². The molecule has 2 aliphatic rings. The number of carbonyl (C=O) groups excluding carboxylic acids is 2. The number of nitrogens with two attached hydrogens (primary N) is 1. The number of alkyl halides is 1. The molecule has 0 spiro atoms. The first kappa shape index (κ1) is 22.7. The van der Waals surface area contributed by atoms with Crippen LogP contribution in [0.1, 0.15) is 22.3 Å². The van der Waals surface area contributed by atoms with Gasteiger partial charge in [0.05, 0.1) is 29.7 Å². The number of halogens is 3. The first-order valence-electron chi connectivity index (χ1n) is 10.2. The largest absolute Gasteiger partial charge is 0.486 e. The number of nitrogens with zero attached hydrogens (tertiary/aromatic N) is 1. The standard InChI is InChI=1S/C22H22BrClFN3O4/c23-16-9-20-19(31-3-4-32-20)6-13(16)7-21(29)28-11-14(25)8-15(28)10-27-22(30)12-1-2-17(24)18(26)5-12/h1-2,5-6,9,14-15H,3-4,7-8,10-11,26H2,(H,27,30)/t14-,15-/m0/s1. The van der Waals surface area contributed by atoms with Crippen molar-refractivity contribution in [3.05, 3.63) is 51.0 Å². The summed E-state index contributed by atoms with van der Waals surface area (Å²) >= 11 is 9.36. The molecule has 0 aliphatic carbocycles. The number of ether oxygens (including phenoxy) is 2. The minimum atomic E-state index is -1.14. The Balaban J connectivity index is 1.41. The van der Waals surface area contributed by atoms with Gasteiger partial charge < -0.3 is 25.4 Å². The molecule has 0 bridgehead atoms. The molecule has 2 atom stereocenters. The summed E-state index contributed by atoms with van der Waals surface area (Å²) in [5.74, 6) is 0.612. The quantitative estimate of drug-likeness (QED) is 0.583. The van der Waals surface area contributed by atoms with Gasteiger partial charge in [0.25, 0.3) is 5.91 Å². The van der Waals surface area contributed by atoms with E-state index in [0.717, 1.165) is 10.0 Å². The van der Waals surface area contributed by atoms with E-state index in [1.165, 1.54) is 11.0 Å². The number of nitrogen functional groups attached to an aromatic ring is 1. The fourth-order valence-electron chi connectivity index (χ4n) is 3.86. The number of amides is 2. The van der Waals surface area contributed by atoms with Crippen LogP contribution in [-0.2, 0) is 11.2 Å². The van der Waals surface area contributed by atoms with Crippen LogP contribution in [0.25, 0.3) is 0 Å². The fourth-order valence-corrected chi connectivity index (χ4v) is 4.44. The van der Waals surface area contributed by atoms with E-state index < -0.39 is 12.2 Å². The number of fused-ring (bicyclic) bond motifs is 1. The van der Waals surface area contributed by atoms with Gasteiger partial charge in [-0.25, -0.2) is 4.39 Å². The number of hydrogen-bond donors (Lipinski definition) is 2. The number of carbonyl (C=O) groups is 2. The Kier molecular flexibility index (Phi) is 6.76. The maximum Gasteiger partial charge on any atom is 0.251 e.